The summed E-state index contributed by atoms with van der Waals surface area (Å²) in [5, 5.41) is 0. The first kappa shape index (κ1) is 13.9. The lowest BCUT2D eigenvalue weighted by molar-refractivity contribution is 0.216. The van der Waals surface area contributed by atoms with E-state index >= 15 is 0 Å². The van der Waals surface area contributed by atoms with Crippen LogP contribution in [0.15, 0.2) is 12.7 Å². The van der Waals surface area contributed by atoms with Gasteiger partial charge in [-0.3, -0.25) is 9.11 Å². The smallest absolute Gasteiger partial charge is 0.0362 e. The molecule has 1 saturated heterocycles. The summed E-state index contributed by atoms with van der Waals surface area (Å²) in [5.41, 5.74) is 0. The van der Waals surface area contributed by atoms with E-state index in [1.807, 2.05) is 6.08 Å². The van der Waals surface area contributed by atoms with Gasteiger partial charge >= 0.3 is 0 Å². The summed E-state index contributed by atoms with van der Waals surface area (Å²) in [6.07, 6.45) is 8.05. The maximum absolute atomic E-state index is 11.5. The Labute approximate surface area is 103 Å². The van der Waals surface area contributed by atoms with Gasteiger partial charge in [0.2, 0.25) is 0 Å². The monoisotopic (exact) mass is 243 g/mol. The molecule has 0 radical (unpaired) electrons. The average molecular weight is 243 g/mol. The first-order chi connectivity index (χ1) is 7.74. The topological polar surface area (TPSA) is 20.3 Å². The van der Waals surface area contributed by atoms with Gasteiger partial charge in [-0.05, 0) is 39.2 Å². The van der Waals surface area contributed by atoms with Gasteiger partial charge in [0.25, 0.3) is 0 Å². The maximum atomic E-state index is 11.5. The van der Waals surface area contributed by atoms with Gasteiger partial charge in [-0.25, -0.2) is 0 Å². The second kappa shape index (κ2) is 8.02. The van der Waals surface area contributed by atoms with E-state index in [2.05, 4.69) is 18.4 Å². The standard InChI is InChI=1S/C13H25NOS/c1-3-4-5-6-7-9-14-10-12-16(15)11-8-13(14)2/h3,13H,1,4-12H2,2H3/t13-,16+/m0/s1. The van der Waals surface area contributed by atoms with Crippen LogP contribution in [0.5, 0.6) is 0 Å². The summed E-state index contributed by atoms with van der Waals surface area (Å²) in [6.45, 7) is 8.21. The molecule has 0 saturated carbocycles. The molecule has 0 aromatic heterocycles. The zero-order valence-electron chi connectivity index (χ0n) is 10.5. The van der Waals surface area contributed by atoms with E-state index in [0.717, 1.165) is 30.9 Å². The van der Waals surface area contributed by atoms with Crippen molar-refractivity contribution in [1.29, 1.82) is 0 Å². The number of hydrogen-bond donors (Lipinski definition) is 0. The van der Waals surface area contributed by atoms with E-state index in [-0.39, 0.29) is 0 Å². The Hall–Kier alpha value is -0.150. The van der Waals surface area contributed by atoms with Gasteiger partial charge in [0.1, 0.15) is 0 Å². The highest BCUT2D eigenvalue weighted by atomic mass is 32.2. The summed E-state index contributed by atoms with van der Waals surface area (Å²) in [5.74, 6) is 1.77. The van der Waals surface area contributed by atoms with Crippen molar-refractivity contribution >= 4 is 10.8 Å². The van der Waals surface area contributed by atoms with Crippen molar-refractivity contribution < 1.29 is 4.21 Å². The van der Waals surface area contributed by atoms with Crippen molar-refractivity contribution in [2.75, 3.05) is 24.6 Å². The molecule has 0 bridgehead atoms. The molecule has 3 heteroatoms. The fraction of sp³-hybridized carbons (Fsp3) is 0.846. The van der Waals surface area contributed by atoms with Gasteiger partial charge in [0.15, 0.2) is 0 Å². The molecule has 0 aromatic carbocycles. The van der Waals surface area contributed by atoms with Crippen LogP contribution in [0.3, 0.4) is 0 Å². The molecule has 0 N–H and O–H groups in total. The summed E-state index contributed by atoms with van der Waals surface area (Å²) in [4.78, 5) is 2.51. The summed E-state index contributed by atoms with van der Waals surface area (Å²) >= 11 is 0. The molecule has 2 atom stereocenters. The fourth-order valence-corrected chi connectivity index (χ4v) is 3.38. The van der Waals surface area contributed by atoms with Crippen LogP contribution in [0, 0.1) is 0 Å². The molecule has 0 spiro atoms. The first-order valence-electron chi connectivity index (χ1n) is 6.44. The molecule has 0 aromatic rings. The Balaban J connectivity index is 2.18. The number of nitrogens with zero attached hydrogens (tertiary/aromatic N) is 1. The van der Waals surface area contributed by atoms with Gasteiger partial charge in [-0.2, -0.15) is 0 Å². The predicted molar refractivity (Wildman–Crippen MR) is 72.2 cm³/mol. The molecule has 1 fully saturated rings. The normalized spacial score (nSPS) is 27.6. The quantitative estimate of drug-likeness (QED) is 0.528. The van der Waals surface area contributed by atoms with Crippen molar-refractivity contribution in [2.24, 2.45) is 0 Å². The Morgan fingerprint density at radius 3 is 2.94 bits per heavy atom. The van der Waals surface area contributed by atoms with Crippen LogP contribution in [0.4, 0.5) is 0 Å². The summed E-state index contributed by atoms with van der Waals surface area (Å²) in [7, 11) is -0.564. The summed E-state index contributed by atoms with van der Waals surface area (Å²) in [6, 6.07) is 0.617. The second-order valence-electron chi connectivity index (χ2n) is 4.66. The van der Waals surface area contributed by atoms with Gasteiger partial charge in [0, 0.05) is 34.9 Å². The predicted octanol–water partition coefficient (Wildman–Crippen LogP) is 2.58. The summed E-state index contributed by atoms with van der Waals surface area (Å²) < 4.78 is 11.5. The van der Waals surface area contributed by atoms with Crippen molar-refractivity contribution in [3.8, 4) is 0 Å². The average Bonchev–Trinajstić information content (AvgIpc) is 2.43. The fourth-order valence-electron chi connectivity index (χ4n) is 2.14. The first-order valence-corrected chi connectivity index (χ1v) is 7.92. The lowest BCUT2D eigenvalue weighted by Crippen LogP contribution is -2.34. The SMILES string of the molecule is C=CCCCCCN1CC[S@](=O)CC[C@@H]1C. The van der Waals surface area contributed by atoms with Crippen LogP contribution in [-0.2, 0) is 10.8 Å². The van der Waals surface area contributed by atoms with Crippen molar-refractivity contribution in [3.05, 3.63) is 12.7 Å². The third kappa shape index (κ3) is 5.26. The molecule has 1 heterocycles. The number of hydrogen-bond acceptors (Lipinski definition) is 2. The van der Waals surface area contributed by atoms with E-state index in [0.29, 0.717) is 6.04 Å². The third-order valence-electron chi connectivity index (χ3n) is 3.35. The van der Waals surface area contributed by atoms with Gasteiger partial charge in [-0.15, -0.1) is 6.58 Å². The van der Waals surface area contributed by atoms with Crippen LogP contribution in [0.25, 0.3) is 0 Å². The highest BCUT2D eigenvalue weighted by Crippen LogP contribution is 2.12. The van der Waals surface area contributed by atoms with E-state index in [1.165, 1.54) is 25.8 Å². The molecule has 0 aliphatic carbocycles. The zero-order valence-corrected chi connectivity index (χ0v) is 11.3. The van der Waals surface area contributed by atoms with E-state index in [4.69, 9.17) is 0 Å². The van der Waals surface area contributed by atoms with Gasteiger partial charge < -0.3 is 0 Å². The minimum absolute atomic E-state index is 0.564. The van der Waals surface area contributed by atoms with E-state index in [1.54, 1.807) is 0 Å². The molecule has 1 aliphatic heterocycles. The van der Waals surface area contributed by atoms with E-state index < -0.39 is 10.8 Å². The van der Waals surface area contributed by atoms with Gasteiger partial charge in [0.05, 0.1) is 0 Å². The van der Waals surface area contributed by atoms with Gasteiger partial charge in [-0.1, -0.05) is 12.5 Å². The molecule has 94 valence electrons. The Morgan fingerprint density at radius 1 is 1.38 bits per heavy atom. The molecular formula is C13H25NOS. The number of allylic oxidation sites excluding steroid dienone is 1. The van der Waals surface area contributed by atoms with E-state index in [9.17, 15) is 4.21 Å². The largest absolute Gasteiger partial charge is 0.300 e. The lowest BCUT2D eigenvalue weighted by atomic mass is 10.1. The Morgan fingerprint density at radius 2 is 2.19 bits per heavy atom. The van der Waals surface area contributed by atoms with Crippen LogP contribution in [-0.4, -0.2) is 39.7 Å². The van der Waals surface area contributed by atoms with Crippen molar-refractivity contribution in [2.45, 2.75) is 45.1 Å². The molecule has 16 heavy (non-hydrogen) atoms. The molecule has 2 nitrogen and oxygen atoms in total. The Kier molecular flexibility index (Phi) is 6.97. The molecular weight excluding hydrogens is 218 g/mol. The Bertz CT molecular complexity index is 230. The molecule has 1 aliphatic rings. The van der Waals surface area contributed by atoms with Crippen molar-refractivity contribution in [1.82, 2.24) is 4.90 Å². The minimum Gasteiger partial charge on any atom is -0.300 e. The lowest BCUT2D eigenvalue weighted by Gasteiger charge is -2.26. The van der Waals surface area contributed by atoms with Crippen molar-refractivity contribution in [3.63, 3.8) is 0 Å². The van der Waals surface area contributed by atoms with Crippen LogP contribution >= 0.6 is 0 Å². The highest BCUT2D eigenvalue weighted by Gasteiger charge is 2.18. The zero-order chi connectivity index (χ0) is 11.8. The molecule has 0 amide bonds. The molecule has 0 unspecified atom stereocenters. The highest BCUT2D eigenvalue weighted by molar-refractivity contribution is 7.85. The van der Waals surface area contributed by atoms with Crippen LogP contribution in [0.1, 0.15) is 39.0 Å². The minimum atomic E-state index is -0.564. The third-order valence-corrected chi connectivity index (χ3v) is 4.68. The van der Waals surface area contributed by atoms with Crippen LogP contribution in [0.2, 0.25) is 0 Å². The van der Waals surface area contributed by atoms with Crippen LogP contribution < -0.4 is 0 Å². The molecule has 1 rings (SSSR count). The maximum Gasteiger partial charge on any atom is 0.0362 e. The number of rotatable bonds is 6. The second-order valence-corrected chi connectivity index (χ2v) is 6.36. The number of unbranched alkanes of at least 4 members (excludes halogenated alkanes) is 3.